The quantitative estimate of drug-likeness (QED) is 0.885. The molecule has 0 radical (unpaired) electrons. The van der Waals surface area contributed by atoms with E-state index in [1.54, 1.807) is 0 Å². The van der Waals surface area contributed by atoms with Crippen LogP contribution in [0, 0.1) is 13.8 Å². The average Bonchev–Trinajstić information content (AvgIpc) is 2.42. The first-order valence-corrected chi connectivity index (χ1v) is 6.58. The molecule has 0 aliphatic rings. The Bertz CT molecular complexity index is 535. The summed E-state index contributed by atoms with van der Waals surface area (Å²) in [5.74, 6) is 1.80. The molecule has 0 amide bonds. The number of hydrogen-bond acceptors (Lipinski definition) is 3. The second kappa shape index (κ2) is 6.23. The third-order valence-corrected chi connectivity index (χ3v) is 3.07. The molecule has 2 rings (SSSR count). The molecule has 0 aliphatic heterocycles. The van der Waals surface area contributed by atoms with E-state index in [-0.39, 0.29) is 0 Å². The van der Waals surface area contributed by atoms with Crippen molar-refractivity contribution in [1.29, 1.82) is 0 Å². The van der Waals surface area contributed by atoms with Crippen LogP contribution < -0.4 is 10.1 Å². The van der Waals surface area contributed by atoms with E-state index in [0.29, 0.717) is 6.61 Å². The molecule has 3 nitrogen and oxygen atoms in total. The average molecular weight is 256 g/mol. The number of rotatable bonds is 5. The van der Waals surface area contributed by atoms with Crippen LogP contribution in [0.4, 0.5) is 5.82 Å². The lowest BCUT2D eigenvalue weighted by Gasteiger charge is -2.09. The second-order valence-electron chi connectivity index (χ2n) is 4.62. The zero-order chi connectivity index (χ0) is 13.7. The maximum absolute atomic E-state index is 5.77. The van der Waals surface area contributed by atoms with Crippen LogP contribution in [-0.2, 0) is 6.61 Å². The van der Waals surface area contributed by atoms with Gasteiger partial charge < -0.3 is 10.1 Å². The molecule has 2 aromatic rings. The molecule has 0 bridgehead atoms. The van der Waals surface area contributed by atoms with Gasteiger partial charge in [0.15, 0.2) is 0 Å². The summed E-state index contributed by atoms with van der Waals surface area (Å²) in [7, 11) is 0. The molecule has 1 aromatic heterocycles. The van der Waals surface area contributed by atoms with E-state index in [0.717, 1.165) is 23.7 Å². The van der Waals surface area contributed by atoms with E-state index in [9.17, 15) is 0 Å². The number of anilines is 1. The van der Waals surface area contributed by atoms with Gasteiger partial charge in [-0.05, 0) is 50.1 Å². The van der Waals surface area contributed by atoms with Gasteiger partial charge in [-0.2, -0.15) is 0 Å². The molecule has 1 N–H and O–H groups in total. The minimum absolute atomic E-state index is 0.544. The Morgan fingerprint density at radius 1 is 1.11 bits per heavy atom. The molecule has 1 aromatic carbocycles. The van der Waals surface area contributed by atoms with Crippen LogP contribution in [0.25, 0.3) is 0 Å². The fraction of sp³-hybridized carbons (Fsp3) is 0.312. The molecular weight excluding hydrogens is 236 g/mol. The number of ether oxygens (including phenoxy) is 1. The Hall–Kier alpha value is -2.03. The van der Waals surface area contributed by atoms with Crippen LogP contribution in [0.3, 0.4) is 0 Å². The first-order valence-electron chi connectivity index (χ1n) is 6.58. The monoisotopic (exact) mass is 256 g/mol. The topological polar surface area (TPSA) is 34.1 Å². The van der Waals surface area contributed by atoms with Gasteiger partial charge in [0.2, 0.25) is 0 Å². The maximum atomic E-state index is 5.77. The molecule has 0 fully saturated rings. The summed E-state index contributed by atoms with van der Waals surface area (Å²) in [5.41, 5.74) is 3.60. The van der Waals surface area contributed by atoms with Crippen LogP contribution in [0.15, 0.2) is 36.5 Å². The third-order valence-electron chi connectivity index (χ3n) is 3.07. The predicted octanol–water partition coefficient (Wildman–Crippen LogP) is 3.71. The first kappa shape index (κ1) is 13.4. The SMILES string of the molecule is CCNc1ccc(COc2ccc(C)c(C)c2)cn1. The molecule has 100 valence electrons. The van der Waals surface area contributed by atoms with Gasteiger partial charge >= 0.3 is 0 Å². The maximum Gasteiger partial charge on any atom is 0.125 e. The first-order chi connectivity index (χ1) is 9.19. The summed E-state index contributed by atoms with van der Waals surface area (Å²) < 4.78 is 5.77. The highest BCUT2D eigenvalue weighted by Crippen LogP contribution is 2.17. The van der Waals surface area contributed by atoms with Crippen molar-refractivity contribution in [2.75, 3.05) is 11.9 Å². The van der Waals surface area contributed by atoms with Crippen molar-refractivity contribution in [3.05, 3.63) is 53.2 Å². The molecule has 19 heavy (non-hydrogen) atoms. The number of pyridine rings is 1. The molecule has 0 atom stereocenters. The summed E-state index contributed by atoms with van der Waals surface area (Å²) >= 11 is 0. The predicted molar refractivity (Wildman–Crippen MR) is 78.6 cm³/mol. The largest absolute Gasteiger partial charge is 0.489 e. The van der Waals surface area contributed by atoms with Crippen molar-refractivity contribution in [2.24, 2.45) is 0 Å². The molecule has 3 heteroatoms. The number of nitrogens with zero attached hydrogens (tertiary/aromatic N) is 1. The normalized spacial score (nSPS) is 10.3. The zero-order valence-electron chi connectivity index (χ0n) is 11.7. The molecule has 1 heterocycles. The van der Waals surface area contributed by atoms with Gasteiger partial charge in [-0.1, -0.05) is 12.1 Å². The highest BCUT2D eigenvalue weighted by Gasteiger charge is 1.99. The van der Waals surface area contributed by atoms with Gasteiger partial charge in [-0.15, -0.1) is 0 Å². The smallest absolute Gasteiger partial charge is 0.125 e. The summed E-state index contributed by atoms with van der Waals surface area (Å²) in [6.45, 7) is 7.67. The fourth-order valence-electron chi connectivity index (χ4n) is 1.77. The Kier molecular flexibility index (Phi) is 4.39. The molecule has 0 unspecified atom stereocenters. The van der Waals surface area contributed by atoms with E-state index in [1.807, 2.05) is 24.4 Å². The van der Waals surface area contributed by atoms with Crippen molar-refractivity contribution in [3.8, 4) is 5.75 Å². The summed E-state index contributed by atoms with van der Waals surface area (Å²) in [6.07, 6.45) is 1.85. The van der Waals surface area contributed by atoms with E-state index in [2.05, 4.69) is 43.2 Å². The van der Waals surface area contributed by atoms with E-state index < -0.39 is 0 Å². The Morgan fingerprint density at radius 2 is 1.95 bits per heavy atom. The van der Waals surface area contributed by atoms with Crippen LogP contribution in [0.1, 0.15) is 23.6 Å². The van der Waals surface area contributed by atoms with Gasteiger partial charge in [-0.25, -0.2) is 4.98 Å². The third kappa shape index (κ3) is 3.71. The Morgan fingerprint density at radius 3 is 2.58 bits per heavy atom. The standard InChI is InChI=1S/C16H20N2O/c1-4-17-16-8-6-14(10-18-16)11-19-15-7-5-12(2)13(3)9-15/h5-10H,4,11H2,1-3H3,(H,17,18). The molecule has 0 saturated carbocycles. The van der Waals surface area contributed by atoms with Crippen LogP contribution >= 0.6 is 0 Å². The van der Waals surface area contributed by atoms with E-state index in [4.69, 9.17) is 4.74 Å². The summed E-state index contributed by atoms with van der Waals surface area (Å²) in [4.78, 5) is 4.32. The van der Waals surface area contributed by atoms with Crippen LogP contribution in [0.5, 0.6) is 5.75 Å². The molecule has 0 aliphatic carbocycles. The van der Waals surface area contributed by atoms with Crippen molar-refractivity contribution in [1.82, 2.24) is 4.98 Å². The Balaban J connectivity index is 1.96. The minimum atomic E-state index is 0.544. The van der Waals surface area contributed by atoms with Crippen LogP contribution in [0.2, 0.25) is 0 Å². The number of benzene rings is 1. The Labute approximate surface area is 114 Å². The summed E-state index contributed by atoms with van der Waals surface area (Å²) in [6, 6.07) is 10.2. The fourth-order valence-corrected chi connectivity index (χ4v) is 1.77. The van der Waals surface area contributed by atoms with Gasteiger partial charge in [0.1, 0.15) is 18.2 Å². The molecular formula is C16H20N2O. The lowest BCUT2D eigenvalue weighted by Crippen LogP contribution is -2.01. The molecule has 0 spiro atoms. The van der Waals surface area contributed by atoms with Crippen molar-refractivity contribution >= 4 is 5.82 Å². The zero-order valence-corrected chi connectivity index (χ0v) is 11.7. The van der Waals surface area contributed by atoms with Gasteiger partial charge in [0.25, 0.3) is 0 Å². The number of aromatic nitrogens is 1. The van der Waals surface area contributed by atoms with Crippen molar-refractivity contribution < 1.29 is 4.74 Å². The highest BCUT2D eigenvalue weighted by molar-refractivity contribution is 5.36. The van der Waals surface area contributed by atoms with E-state index >= 15 is 0 Å². The van der Waals surface area contributed by atoms with Crippen molar-refractivity contribution in [3.63, 3.8) is 0 Å². The van der Waals surface area contributed by atoms with Crippen LogP contribution in [-0.4, -0.2) is 11.5 Å². The number of aryl methyl sites for hydroxylation is 2. The number of nitrogens with one attached hydrogen (secondary N) is 1. The van der Waals surface area contributed by atoms with Gasteiger partial charge in [0.05, 0.1) is 0 Å². The van der Waals surface area contributed by atoms with Gasteiger partial charge in [-0.3, -0.25) is 0 Å². The highest BCUT2D eigenvalue weighted by atomic mass is 16.5. The summed E-state index contributed by atoms with van der Waals surface area (Å²) in [5, 5.41) is 3.17. The molecule has 0 saturated heterocycles. The van der Waals surface area contributed by atoms with Crippen molar-refractivity contribution in [2.45, 2.75) is 27.4 Å². The second-order valence-corrected chi connectivity index (χ2v) is 4.62. The van der Waals surface area contributed by atoms with E-state index in [1.165, 1.54) is 11.1 Å². The number of hydrogen-bond donors (Lipinski definition) is 1. The lowest BCUT2D eigenvalue weighted by atomic mass is 10.1. The van der Waals surface area contributed by atoms with Gasteiger partial charge in [0, 0.05) is 18.3 Å². The lowest BCUT2D eigenvalue weighted by molar-refractivity contribution is 0.305. The minimum Gasteiger partial charge on any atom is -0.489 e.